The van der Waals surface area contributed by atoms with Crippen LogP contribution in [0.25, 0.3) is 0 Å². The molecule has 0 N–H and O–H groups in total. The van der Waals surface area contributed by atoms with Crippen molar-refractivity contribution >= 4 is 0 Å². The molecule has 0 aromatic heterocycles. The van der Waals surface area contributed by atoms with Gasteiger partial charge in [-0.15, -0.1) is 26.3 Å². The number of hydrogen-bond acceptors (Lipinski definition) is 0. The lowest BCUT2D eigenvalue weighted by atomic mass is 10.3. The molecule has 0 aliphatic carbocycles. The molecule has 0 saturated carbocycles. The van der Waals surface area contributed by atoms with Crippen LogP contribution >= 0.6 is 0 Å². The summed E-state index contributed by atoms with van der Waals surface area (Å²) in [5.41, 5.74) is 2.58. The molecule has 0 rings (SSSR count). The molecule has 0 bridgehead atoms. The maximum absolute atomic E-state index is 3.56. The largest absolute Gasteiger partial charge is 0.103 e. The summed E-state index contributed by atoms with van der Waals surface area (Å²) in [5, 5.41) is 0. The Labute approximate surface area is 258 Å². The number of hydrogen-bond donors (Lipinski definition) is 0. The summed E-state index contributed by atoms with van der Waals surface area (Å²) in [6.45, 7) is 43.4. The standard InChI is InChI=1S/4C6H12.4C4H8/c1-4-5-6(2)3;3*1-3-5-6-4-2;1-4(2)3;3*1-3-4-2/h5H,4H2,1-3H3;3*5-6H,3-4H2,1-2H3;1H2,2-3H3;3*3H,1,4H2,2H3. The highest BCUT2D eigenvalue weighted by atomic mass is 13.7. The van der Waals surface area contributed by atoms with E-state index >= 15 is 0 Å². The molecule has 0 unspecified atom stereocenters. The molecule has 0 aliphatic rings. The van der Waals surface area contributed by atoms with Crippen LogP contribution in [0.4, 0.5) is 0 Å². The minimum absolute atomic E-state index is 1.08. The third kappa shape index (κ3) is 262. The zero-order chi connectivity index (χ0) is 33.3. The molecule has 0 heteroatoms. The van der Waals surface area contributed by atoms with Gasteiger partial charge in [-0.25, -0.2) is 0 Å². The average molecular weight is 561 g/mol. The smallest absolute Gasteiger partial charge is 0.0377 e. The summed E-state index contributed by atoms with van der Waals surface area (Å²) in [6.07, 6.45) is 32.4. The van der Waals surface area contributed by atoms with Crippen LogP contribution in [0.1, 0.15) is 161 Å². The molecule has 0 radical (unpaired) electrons. The van der Waals surface area contributed by atoms with E-state index < -0.39 is 0 Å². The molecular formula is C40H80. The first kappa shape index (κ1) is 57.7. The van der Waals surface area contributed by atoms with Crippen molar-refractivity contribution in [3.8, 4) is 0 Å². The first-order valence-corrected chi connectivity index (χ1v) is 16.0. The SMILES string of the molecule is C=C(C)C.C=CCC.C=CCC.C=CCC.CCC=C(C)C.CCC=CCC.CCC=CCC.CCC=CCC. The molecule has 0 spiro atoms. The topological polar surface area (TPSA) is 0 Å². The van der Waals surface area contributed by atoms with E-state index in [2.05, 4.69) is 152 Å². The Morgan fingerprint density at radius 3 is 0.550 bits per heavy atom. The quantitative estimate of drug-likeness (QED) is 0.233. The van der Waals surface area contributed by atoms with E-state index in [1.165, 1.54) is 56.1 Å². The summed E-state index contributed by atoms with van der Waals surface area (Å²) < 4.78 is 0. The Bertz CT molecular complexity index is 430. The van der Waals surface area contributed by atoms with Gasteiger partial charge in [0.25, 0.3) is 0 Å². The van der Waals surface area contributed by atoms with Crippen LogP contribution in [0.15, 0.2) is 98.2 Å². The molecule has 240 valence electrons. The Morgan fingerprint density at radius 2 is 0.525 bits per heavy atom. The van der Waals surface area contributed by atoms with Gasteiger partial charge in [-0.2, -0.15) is 0 Å². The van der Waals surface area contributed by atoms with Gasteiger partial charge in [-0.05, 0) is 91.9 Å². The zero-order valence-corrected chi connectivity index (χ0v) is 30.7. The van der Waals surface area contributed by atoms with Crippen molar-refractivity contribution in [3.05, 3.63) is 98.2 Å². The Balaban J connectivity index is -0.0000000492. The normalized spacial score (nSPS) is 8.35. The summed E-state index contributed by atoms with van der Waals surface area (Å²) in [6, 6.07) is 0. The summed E-state index contributed by atoms with van der Waals surface area (Å²) in [5.74, 6) is 0. The lowest BCUT2D eigenvalue weighted by Crippen LogP contribution is -1.58. The van der Waals surface area contributed by atoms with Crippen molar-refractivity contribution in [3.63, 3.8) is 0 Å². The van der Waals surface area contributed by atoms with E-state index in [1.54, 1.807) is 0 Å². The molecule has 0 amide bonds. The van der Waals surface area contributed by atoms with E-state index in [-0.39, 0.29) is 0 Å². The molecule has 0 aromatic carbocycles. The third-order valence-electron chi connectivity index (χ3n) is 3.39. The predicted molar refractivity (Wildman–Crippen MR) is 201 cm³/mol. The van der Waals surface area contributed by atoms with Crippen molar-refractivity contribution in [1.82, 2.24) is 0 Å². The highest BCUT2D eigenvalue weighted by Gasteiger charge is 1.67. The van der Waals surface area contributed by atoms with E-state index in [0.29, 0.717) is 0 Å². The highest BCUT2D eigenvalue weighted by molar-refractivity contribution is 4.91. The van der Waals surface area contributed by atoms with Crippen molar-refractivity contribution < 1.29 is 0 Å². The van der Waals surface area contributed by atoms with Gasteiger partial charge < -0.3 is 0 Å². The molecule has 0 heterocycles. The Hall–Kier alpha value is -2.08. The van der Waals surface area contributed by atoms with Gasteiger partial charge in [-0.1, -0.05) is 141 Å². The van der Waals surface area contributed by atoms with Crippen LogP contribution in [-0.4, -0.2) is 0 Å². The van der Waals surface area contributed by atoms with Gasteiger partial charge in [-0.3, -0.25) is 0 Å². The van der Waals surface area contributed by atoms with Crippen LogP contribution in [0.3, 0.4) is 0 Å². The fourth-order valence-corrected chi connectivity index (χ4v) is 1.41. The molecule has 40 heavy (non-hydrogen) atoms. The summed E-state index contributed by atoms with van der Waals surface area (Å²) in [4.78, 5) is 0. The summed E-state index contributed by atoms with van der Waals surface area (Å²) >= 11 is 0. The van der Waals surface area contributed by atoms with Crippen molar-refractivity contribution in [2.45, 2.75) is 161 Å². The maximum Gasteiger partial charge on any atom is -0.0377 e. The van der Waals surface area contributed by atoms with Gasteiger partial charge in [0.1, 0.15) is 0 Å². The molecular weight excluding hydrogens is 480 g/mol. The van der Waals surface area contributed by atoms with E-state index in [9.17, 15) is 0 Å². The molecule has 0 fully saturated rings. The number of rotatable bonds is 10. The second kappa shape index (κ2) is 83.3. The van der Waals surface area contributed by atoms with Crippen molar-refractivity contribution in [2.24, 2.45) is 0 Å². The lowest BCUT2D eigenvalue weighted by Gasteiger charge is -1.80. The van der Waals surface area contributed by atoms with Crippen LogP contribution in [0.2, 0.25) is 0 Å². The van der Waals surface area contributed by atoms with Gasteiger partial charge in [0.15, 0.2) is 0 Å². The monoisotopic (exact) mass is 561 g/mol. The second-order valence-corrected chi connectivity index (χ2v) is 8.85. The minimum Gasteiger partial charge on any atom is -0.103 e. The van der Waals surface area contributed by atoms with E-state index in [0.717, 1.165) is 19.3 Å². The number of allylic oxidation sites excluding steroid dienone is 12. The third-order valence-corrected chi connectivity index (χ3v) is 3.39. The molecule has 0 nitrogen and oxygen atoms in total. The van der Waals surface area contributed by atoms with Gasteiger partial charge in [0, 0.05) is 0 Å². The van der Waals surface area contributed by atoms with Gasteiger partial charge in [0.2, 0.25) is 0 Å². The van der Waals surface area contributed by atoms with Crippen LogP contribution in [0.5, 0.6) is 0 Å². The Morgan fingerprint density at radius 1 is 0.375 bits per heavy atom. The van der Waals surface area contributed by atoms with Crippen LogP contribution in [0, 0.1) is 0 Å². The van der Waals surface area contributed by atoms with Crippen molar-refractivity contribution in [2.75, 3.05) is 0 Å². The minimum atomic E-state index is 1.08. The van der Waals surface area contributed by atoms with Gasteiger partial charge >= 0.3 is 0 Å². The average Bonchev–Trinajstić information content (AvgIpc) is 2.94. The lowest BCUT2D eigenvalue weighted by molar-refractivity contribution is 1.16. The molecule has 0 saturated heterocycles. The molecule has 0 atom stereocenters. The summed E-state index contributed by atoms with van der Waals surface area (Å²) in [7, 11) is 0. The van der Waals surface area contributed by atoms with E-state index in [4.69, 9.17) is 0 Å². The van der Waals surface area contributed by atoms with Crippen LogP contribution < -0.4 is 0 Å². The second-order valence-electron chi connectivity index (χ2n) is 8.85. The molecule has 0 aliphatic heterocycles. The zero-order valence-electron chi connectivity index (χ0n) is 30.7. The van der Waals surface area contributed by atoms with Crippen molar-refractivity contribution in [1.29, 1.82) is 0 Å². The predicted octanol–water partition coefficient (Wildman–Crippen LogP) is 15.8. The van der Waals surface area contributed by atoms with E-state index in [1.807, 2.05) is 32.1 Å². The fourth-order valence-electron chi connectivity index (χ4n) is 1.41. The first-order valence-electron chi connectivity index (χ1n) is 16.0. The molecule has 0 aromatic rings. The fraction of sp³-hybridized carbons (Fsp3) is 0.600. The highest BCUT2D eigenvalue weighted by Crippen LogP contribution is 1.89. The maximum atomic E-state index is 3.56. The first-order chi connectivity index (χ1) is 19.0. The van der Waals surface area contributed by atoms with Gasteiger partial charge in [0.05, 0.1) is 0 Å². The Kier molecular flexibility index (Phi) is 120. The van der Waals surface area contributed by atoms with Crippen LogP contribution in [-0.2, 0) is 0 Å².